The molecular formula is C22H23FN2O5. The molecule has 2 aromatic carbocycles. The fraction of sp³-hybridized carbons (Fsp3) is 0.273. The van der Waals surface area contributed by atoms with Crippen molar-refractivity contribution in [3.8, 4) is 0 Å². The van der Waals surface area contributed by atoms with Gasteiger partial charge in [-0.2, -0.15) is 0 Å². The number of ether oxygens (including phenoxy) is 1. The number of halogens is 1. The molecule has 0 spiro atoms. The third-order valence-electron chi connectivity index (χ3n) is 4.22. The summed E-state index contributed by atoms with van der Waals surface area (Å²) in [6.45, 7) is 1.11. The average Bonchev–Trinajstić information content (AvgIpc) is 2.72. The van der Waals surface area contributed by atoms with E-state index in [9.17, 15) is 23.6 Å². The zero-order valence-electron chi connectivity index (χ0n) is 16.8. The Morgan fingerprint density at radius 1 is 0.967 bits per heavy atom. The molecular weight excluding hydrogens is 391 g/mol. The molecule has 0 aromatic heterocycles. The van der Waals surface area contributed by atoms with E-state index in [0.29, 0.717) is 11.3 Å². The number of esters is 1. The van der Waals surface area contributed by atoms with E-state index >= 15 is 0 Å². The molecule has 0 aliphatic rings. The molecule has 0 heterocycles. The molecule has 0 bridgehead atoms. The van der Waals surface area contributed by atoms with Crippen molar-refractivity contribution in [2.75, 3.05) is 25.5 Å². The topological polar surface area (TPSA) is 92.8 Å². The van der Waals surface area contributed by atoms with E-state index in [1.807, 2.05) is 19.1 Å². The molecule has 1 N–H and O–H groups in total. The van der Waals surface area contributed by atoms with Gasteiger partial charge in [-0.1, -0.05) is 29.8 Å². The Balaban J connectivity index is 1.69. The van der Waals surface area contributed by atoms with Crippen molar-refractivity contribution in [1.82, 2.24) is 4.90 Å². The van der Waals surface area contributed by atoms with Crippen molar-refractivity contribution >= 4 is 29.3 Å². The molecule has 0 aliphatic carbocycles. The van der Waals surface area contributed by atoms with Crippen LogP contribution in [0.1, 0.15) is 28.8 Å². The van der Waals surface area contributed by atoms with Crippen LogP contribution in [0.4, 0.5) is 10.1 Å². The third kappa shape index (κ3) is 7.46. The fourth-order valence-corrected chi connectivity index (χ4v) is 2.46. The number of nitrogens with one attached hydrogen (secondary N) is 1. The van der Waals surface area contributed by atoms with Crippen LogP contribution in [-0.4, -0.2) is 48.7 Å². The van der Waals surface area contributed by atoms with E-state index < -0.39 is 30.2 Å². The quantitative estimate of drug-likeness (QED) is 0.503. The van der Waals surface area contributed by atoms with Crippen LogP contribution >= 0.6 is 0 Å². The van der Waals surface area contributed by atoms with E-state index in [1.54, 1.807) is 12.1 Å². The molecule has 2 rings (SSSR count). The Morgan fingerprint density at radius 2 is 1.60 bits per heavy atom. The molecule has 0 atom stereocenters. The summed E-state index contributed by atoms with van der Waals surface area (Å²) in [5.74, 6) is -2.33. The minimum absolute atomic E-state index is 0.0218. The van der Waals surface area contributed by atoms with Crippen molar-refractivity contribution in [3.05, 3.63) is 65.5 Å². The summed E-state index contributed by atoms with van der Waals surface area (Å²) < 4.78 is 17.8. The Hall–Kier alpha value is -3.55. The summed E-state index contributed by atoms with van der Waals surface area (Å²) in [7, 11) is 1.39. The average molecular weight is 414 g/mol. The lowest BCUT2D eigenvalue weighted by Crippen LogP contribution is -2.37. The van der Waals surface area contributed by atoms with Gasteiger partial charge in [0, 0.05) is 24.7 Å². The van der Waals surface area contributed by atoms with Crippen molar-refractivity contribution in [2.45, 2.75) is 19.8 Å². The van der Waals surface area contributed by atoms with Gasteiger partial charge in [-0.15, -0.1) is 0 Å². The van der Waals surface area contributed by atoms with Gasteiger partial charge in [0.2, 0.25) is 5.91 Å². The fourth-order valence-electron chi connectivity index (χ4n) is 2.46. The highest BCUT2D eigenvalue weighted by molar-refractivity contribution is 5.98. The second-order valence-corrected chi connectivity index (χ2v) is 6.75. The van der Waals surface area contributed by atoms with E-state index in [2.05, 4.69) is 5.32 Å². The van der Waals surface area contributed by atoms with Gasteiger partial charge in [-0.25, -0.2) is 4.39 Å². The van der Waals surface area contributed by atoms with E-state index in [1.165, 1.54) is 31.3 Å². The number of hydrogen-bond acceptors (Lipinski definition) is 5. The molecule has 0 saturated carbocycles. The van der Waals surface area contributed by atoms with Crippen molar-refractivity contribution in [3.63, 3.8) is 0 Å². The van der Waals surface area contributed by atoms with E-state index in [-0.39, 0.29) is 25.2 Å². The first kappa shape index (κ1) is 22.7. The Labute approximate surface area is 173 Å². The molecule has 158 valence electrons. The molecule has 0 radical (unpaired) electrons. The lowest BCUT2D eigenvalue weighted by molar-refractivity contribution is -0.151. The highest BCUT2D eigenvalue weighted by atomic mass is 19.1. The van der Waals surface area contributed by atoms with Crippen LogP contribution in [0.25, 0.3) is 0 Å². The van der Waals surface area contributed by atoms with Gasteiger partial charge >= 0.3 is 5.97 Å². The monoisotopic (exact) mass is 414 g/mol. The first-order chi connectivity index (χ1) is 14.2. The summed E-state index contributed by atoms with van der Waals surface area (Å²) in [5.41, 5.74) is 1.93. The van der Waals surface area contributed by atoms with Crippen LogP contribution in [0.15, 0.2) is 48.5 Å². The first-order valence-corrected chi connectivity index (χ1v) is 9.29. The maximum absolute atomic E-state index is 12.9. The van der Waals surface area contributed by atoms with Crippen LogP contribution in [0.3, 0.4) is 0 Å². The van der Waals surface area contributed by atoms with E-state index in [0.717, 1.165) is 10.5 Å². The largest absolute Gasteiger partial charge is 0.456 e. The second kappa shape index (κ2) is 10.8. The molecule has 2 amide bonds. The number of hydrogen-bond donors (Lipinski definition) is 1. The number of rotatable bonds is 9. The van der Waals surface area contributed by atoms with Gasteiger partial charge in [0.05, 0.1) is 13.0 Å². The van der Waals surface area contributed by atoms with Gasteiger partial charge in [0.1, 0.15) is 5.82 Å². The van der Waals surface area contributed by atoms with Crippen LogP contribution in [0, 0.1) is 12.7 Å². The van der Waals surface area contributed by atoms with Crippen LogP contribution in [-0.2, 0) is 19.1 Å². The van der Waals surface area contributed by atoms with Crippen LogP contribution < -0.4 is 5.32 Å². The predicted octanol–water partition coefficient (Wildman–Crippen LogP) is 2.74. The number of carbonyl (C=O) groups is 4. The zero-order valence-corrected chi connectivity index (χ0v) is 16.8. The van der Waals surface area contributed by atoms with Gasteiger partial charge in [-0.05, 0) is 31.2 Å². The summed E-state index contributed by atoms with van der Waals surface area (Å²) >= 11 is 0. The Kier molecular flexibility index (Phi) is 8.22. The Morgan fingerprint density at radius 3 is 2.23 bits per heavy atom. The number of aryl methyl sites for hydroxylation is 1. The minimum atomic E-state index is -0.673. The normalized spacial score (nSPS) is 10.2. The number of amides is 2. The number of ketones is 1. The molecule has 8 heteroatoms. The zero-order chi connectivity index (χ0) is 22.1. The lowest BCUT2D eigenvalue weighted by Gasteiger charge is -2.16. The van der Waals surface area contributed by atoms with Crippen molar-refractivity contribution in [2.24, 2.45) is 0 Å². The molecule has 7 nitrogen and oxygen atoms in total. The number of nitrogens with zero attached hydrogens (tertiary/aromatic N) is 1. The molecule has 2 aromatic rings. The number of benzene rings is 2. The van der Waals surface area contributed by atoms with Gasteiger partial charge in [0.15, 0.2) is 12.4 Å². The molecule has 0 fully saturated rings. The lowest BCUT2D eigenvalue weighted by atomic mass is 10.1. The highest BCUT2D eigenvalue weighted by Gasteiger charge is 2.16. The third-order valence-corrected chi connectivity index (χ3v) is 4.22. The molecule has 0 unspecified atom stereocenters. The van der Waals surface area contributed by atoms with Crippen molar-refractivity contribution in [1.29, 1.82) is 0 Å². The summed E-state index contributed by atoms with van der Waals surface area (Å²) in [5, 5.41) is 2.53. The smallest absolute Gasteiger partial charge is 0.306 e. The van der Waals surface area contributed by atoms with Crippen LogP contribution in [0.5, 0.6) is 0 Å². The van der Waals surface area contributed by atoms with Crippen molar-refractivity contribution < 1.29 is 28.3 Å². The second-order valence-electron chi connectivity index (χ2n) is 6.75. The minimum Gasteiger partial charge on any atom is -0.456 e. The van der Waals surface area contributed by atoms with E-state index in [4.69, 9.17) is 4.74 Å². The highest BCUT2D eigenvalue weighted by Crippen LogP contribution is 2.09. The molecule has 30 heavy (non-hydrogen) atoms. The summed E-state index contributed by atoms with van der Waals surface area (Å²) in [6.07, 6.45) is -0.166. The number of anilines is 1. The maximum atomic E-state index is 12.9. The van der Waals surface area contributed by atoms with Gasteiger partial charge < -0.3 is 15.0 Å². The number of Topliss-reactive ketones (excluding diaryl/α,β-unsaturated/α-hetero) is 1. The number of likely N-dealkylation sites (N-methyl/N-ethyl adjacent to an activating group) is 1. The maximum Gasteiger partial charge on any atom is 0.306 e. The SMILES string of the molecule is Cc1ccc(C(=O)CCC(=O)OCC(=O)N(C)CC(=O)Nc2ccc(F)cc2)cc1. The standard InChI is InChI=1S/C22H23FN2O5/c1-15-3-5-16(6-4-15)19(26)11-12-22(29)30-14-21(28)25(2)13-20(27)24-18-9-7-17(23)8-10-18/h3-10H,11-14H2,1-2H3,(H,24,27). The molecule has 0 aliphatic heterocycles. The Bertz CT molecular complexity index is 910. The van der Waals surface area contributed by atoms with Gasteiger partial charge in [-0.3, -0.25) is 19.2 Å². The first-order valence-electron chi connectivity index (χ1n) is 9.29. The predicted molar refractivity (Wildman–Crippen MR) is 108 cm³/mol. The number of carbonyl (C=O) groups excluding carboxylic acids is 4. The molecule has 0 saturated heterocycles. The van der Waals surface area contributed by atoms with Gasteiger partial charge in [0.25, 0.3) is 5.91 Å². The van der Waals surface area contributed by atoms with Crippen LogP contribution in [0.2, 0.25) is 0 Å². The summed E-state index contributed by atoms with van der Waals surface area (Å²) in [4.78, 5) is 48.9. The summed E-state index contributed by atoms with van der Waals surface area (Å²) in [6, 6.07) is 12.2.